The van der Waals surface area contributed by atoms with E-state index in [1.807, 2.05) is 0 Å². The monoisotopic (exact) mass is 612 g/mol. The molecule has 8 aromatic carbocycles. The van der Waals surface area contributed by atoms with Crippen molar-refractivity contribution in [2.75, 3.05) is 0 Å². The third kappa shape index (κ3) is 4.04. The Bertz CT molecular complexity index is 2590. The van der Waals surface area contributed by atoms with Gasteiger partial charge in [-0.25, -0.2) is 0 Å². The van der Waals surface area contributed by atoms with E-state index in [1.54, 1.807) is 0 Å². The van der Waals surface area contributed by atoms with E-state index in [4.69, 9.17) is 4.74 Å². The van der Waals surface area contributed by atoms with Crippen molar-refractivity contribution in [3.8, 4) is 67.1 Å². The van der Waals surface area contributed by atoms with Gasteiger partial charge >= 0.3 is 0 Å². The summed E-state index contributed by atoms with van der Waals surface area (Å²) in [4.78, 5) is 0. The number of hydrogen-bond donors (Lipinski definition) is 0. The minimum absolute atomic E-state index is 0.00358. The minimum Gasteiger partial charge on any atom is -0.456 e. The molecule has 1 heterocycles. The van der Waals surface area contributed by atoms with Gasteiger partial charge in [0.1, 0.15) is 11.5 Å². The summed E-state index contributed by atoms with van der Waals surface area (Å²) in [5.74, 6) is 1.81. The van der Waals surface area contributed by atoms with Crippen molar-refractivity contribution >= 4 is 21.5 Å². The minimum atomic E-state index is -0.00358. The Kier molecular flexibility index (Phi) is 5.69. The molecule has 48 heavy (non-hydrogen) atoms. The van der Waals surface area contributed by atoms with Crippen LogP contribution in [0.4, 0.5) is 0 Å². The van der Waals surface area contributed by atoms with Crippen molar-refractivity contribution in [1.82, 2.24) is 0 Å². The molecule has 8 aromatic rings. The van der Waals surface area contributed by atoms with E-state index < -0.39 is 0 Å². The third-order valence-corrected chi connectivity index (χ3v) is 10.6. The third-order valence-electron chi connectivity index (χ3n) is 10.6. The van der Waals surface area contributed by atoms with E-state index in [-0.39, 0.29) is 5.41 Å². The van der Waals surface area contributed by atoms with Crippen LogP contribution in [0.25, 0.3) is 77.2 Å². The van der Waals surface area contributed by atoms with Crippen molar-refractivity contribution in [2.24, 2.45) is 0 Å². The van der Waals surface area contributed by atoms with Crippen LogP contribution in [0, 0.1) is 0 Å². The first-order valence-corrected chi connectivity index (χ1v) is 16.7. The quantitative estimate of drug-likeness (QED) is 0.193. The standard InChI is InChI=1S/C47H32O/c1-47(2)42-14-7-6-12-38(42)40-25-34-20-19-32(23-36(34)27-43(40)47)30-15-17-31(18-16-30)33-21-22-44-41(26-33)39-13-8-11-35-24-37(28-45(48-44)46(35)39)29-9-4-3-5-10-29/h3-28H,1-2H3. The predicted molar refractivity (Wildman–Crippen MR) is 201 cm³/mol. The van der Waals surface area contributed by atoms with Crippen molar-refractivity contribution in [2.45, 2.75) is 19.3 Å². The molecule has 0 fully saturated rings. The SMILES string of the molecule is CC1(C)c2ccccc2-c2cc3ccc(-c4ccc(-c5ccc6c(c5)-c5cccc7cc(-c8ccccc8)cc(c57)O6)cc4)cc3cc21. The number of ether oxygens (including phenoxy) is 1. The highest BCUT2D eigenvalue weighted by Crippen LogP contribution is 2.51. The van der Waals surface area contributed by atoms with Gasteiger partial charge in [0, 0.05) is 16.4 Å². The van der Waals surface area contributed by atoms with Crippen LogP contribution in [-0.2, 0) is 5.41 Å². The summed E-state index contributed by atoms with van der Waals surface area (Å²) in [6.45, 7) is 4.69. The summed E-state index contributed by atoms with van der Waals surface area (Å²) < 4.78 is 6.57. The Hall–Kier alpha value is -5.92. The molecule has 0 saturated heterocycles. The lowest BCUT2D eigenvalue weighted by Gasteiger charge is -2.23. The topological polar surface area (TPSA) is 9.23 Å². The average molecular weight is 613 g/mol. The average Bonchev–Trinajstić information content (AvgIpc) is 3.36. The second kappa shape index (κ2) is 10.0. The fourth-order valence-electron chi connectivity index (χ4n) is 8.10. The first-order valence-electron chi connectivity index (χ1n) is 16.7. The van der Waals surface area contributed by atoms with Gasteiger partial charge in [-0.15, -0.1) is 0 Å². The fourth-order valence-corrected chi connectivity index (χ4v) is 8.10. The summed E-state index contributed by atoms with van der Waals surface area (Å²) in [6, 6.07) is 57.6. The number of benzene rings is 8. The number of rotatable bonds is 3. The zero-order valence-electron chi connectivity index (χ0n) is 26.9. The molecule has 0 aromatic heterocycles. The van der Waals surface area contributed by atoms with Crippen molar-refractivity contribution in [3.05, 3.63) is 169 Å². The van der Waals surface area contributed by atoms with Crippen LogP contribution >= 0.6 is 0 Å². The molecule has 2 aliphatic rings. The molecule has 0 amide bonds. The molecule has 0 atom stereocenters. The lowest BCUT2D eigenvalue weighted by molar-refractivity contribution is 0.487. The predicted octanol–water partition coefficient (Wildman–Crippen LogP) is 13.1. The van der Waals surface area contributed by atoms with Crippen molar-refractivity contribution in [1.29, 1.82) is 0 Å². The maximum absolute atomic E-state index is 6.57. The summed E-state index contributed by atoms with van der Waals surface area (Å²) in [6.07, 6.45) is 0. The van der Waals surface area contributed by atoms with Crippen molar-refractivity contribution < 1.29 is 4.74 Å². The van der Waals surface area contributed by atoms with E-state index in [9.17, 15) is 0 Å². The molecule has 0 N–H and O–H groups in total. The molecular weight excluding hydrogens is 581 g/mol. The Balaban J connectivity index is 0.991. The van der Waals surface area contributed by atoms with E-state index in [0.717, 1.165) is 17.1 Å². The lowest BCUT2D eigenvalue weighted by atomic mass is 9.82. The molecule has 0 radical (unpaired) electrons. The normalized spacial score (nSPS) is 13.5. The van der Waals surface area contributed by atoms with Crippen LogP contribution in [0.2, 0.25) is 0 Å². The second-order valence-corrected chi connectivity index (χ2v) is 13.8. The molecule has 1 nitrogen and oxygen atoms in total. The highest BCUT2D eigenvalue weighted by atomic mass is 16.5. The highest BCUT2D eigenvalue weighted by molar-refractivity contribution is 6.06. The van der Waals surface area contributed by atoms with Gasteiger partial charge in [0.15, 0.2) is 0 Å². The maximum Gasteiger partial charge on any atom is 0.136 e. The van der Waals surface area contributed by atoms with Crippen LogP contribution in [0.1, 0.15) is 25.0 Å². The maximum atomic E-state index is 6.57. The largest absolute Gasteiger partial charge is 0.456 e. The van der Waals surface area contributed by atoms with Gasteiger partial charge in [-0.3, -0.25) is 0 Å². The summed E-state index contributed by atoms with van der Waals surface area (Å²) in [5.41, 5.74) is 15.1. The Morgan fingerprint density at radius 3 is 1.85 bits per heavy atom. The molecule has 10 rings (SSSR count). The fraction of sp³-hybridized carbons (Fsp3) is 0.0638. The second-order valence-electron chi connectivity index (χ2n) is 13.8. The summed E-state index contributed by atoms with van der Waals surface area (Å²) in [7, 11) is 0. The molecule has 0 bridgehead atoms. The van der Waals surface area contributed by atoms with Gasteiger partial charge in [0.2, 0.25) is 0 Å². The van der Waals surface area contributed by atoms with Gasteiger partial charge in [-0.2, -0.15) is 0 Å². The van der Waals surface area contributed by atoms with Crippen molar-refractivity contribution in [3.63, 3.8) is 0 Å². The molecule has 0 saturated carbocycles. The molecule has 0 spiro atoms. The number of fused-ring (bicyclic) bond motifs is 6. The Morgan fingerprint density at radius 2 is 1.02 bits per heavy atom. The summed E-state index contributed by atoms with van der Waals surface area (Å²) >= 11 is 0. The van der Waals surface area contributed by atoms with E-state index in [0.29, 0.717) is 0 Å². The van der Waals surface area contributed by atoms with Crippen LogP contribution < -0.4 is 4.74 Å². The zero-order chi connectivity index (χ0) is 32.0. The van der Waals surface area contributed by atoms with Crippen LogP contribution in [0.3, 0.4) is 0 Å². The molecule has 226 valence electrons. The van der Waals surface area contributed by atoms with E-state index >= 15 is 0 Å². The smallest absolute Gasteiger partial charge is 0.136 e. The van der Waals surface area contributed by atoms with Crippen LogP contribution in [0.5, 0.6) is 11.5 Å². The van der Waals surface area contributed by atoms with Gasteiger partial charge in [-0.05, 0) is 120 Å². The lowest BCUT2D eigenvalue weighted by Crippen LogP contribution is -2.14. The molecule has 0 unspecified atom stereocenters. The Morgan fingerprint density at radius 1 is 0.354 bits per heavy atom. The molecule has 1 aliphatic heterocycles. The first-order chi connectivity index (χ1) is 23.5. The van der Waals surface area contributed by atoms with Gasteiger partial charge in [0.05, 0.1) is 0 Å². The van der Waals surface area contributed by atoms with Gasteiger partial charge < -0.3 is 4.74 Å². The Labute approximate surface area is 280 Å². The van der Waals surface area contributed by atoms with Crippen LogP contribution in [0.15, 0.2) is 158 Å². The van der Waals surface area contributed by atoms with Crippen LogP contribution in [-0.4, -0.2) is 0 Å². The zero-order valence-corrected chi connectivity index (χ0v) is 26.9. The van der Waals surface area contributed by atoms with Gasteiger partial charge in [-0.1, -0.05) is 129 Å². The van der Waals surface area contributed by atoms with Gasteiger partial charge in [0.25, 0.3) is 0 Å². The molecule has 1 aliphatic carbocycles. The van der Waals surface area contributed by atoms with E-state index in [1.165, 1.54) is 82.7 Å². The molecule has 1 heteroatoms. The number of hydrogen-bond acceptors (Lipinski definition) is 1. The first kappa shape index (κ1) is 27.2. The highest BCUT2D eigenvalue weighted by Gasteiger charge is 2.35. The summed E-state index contributed by atoms with van der Waals surface area (Å²) in [5, 5.41) is 4.94. The van der Waals surface area contributed by atoms with E-state index in [2.05, 4.69) is 172 Å². The molecular formula is C47H32O.